The van der Waals surface area contributed by atoms with Gasteiger partial charge < -0.3 is 25.8 Å². The lowest BCUT2D eigenvalue weighted by Gasteiger charge is -2.32. The quantitative estimate of drug-likeness (QED) is 0.321. The summed E-state index contributed by atoms with van der Waals surface area (Å²) in [5.74, 6) is 1.08. The molecule has 1 saturated carbocycles. The number of carbonyl (C=O) groups excluding carboxylic acids is 1. The summed E-state index contributed by atoms with van der Waals surface area (Å²) in [6.45, 7) is 3.12. The minimum absolute atomic E-state index is 0.0288. The number of benzene rings is 1. The number of hydrogen-bond donors (Lipinski definition) is 4. The summed E-state index contributed by atoms with van der Waals surface area (Å²) >= 11 is 0. The van der Waals surface area contributed by atoms with Crippen molar-refractivity contribution in [3.8, 4) is 0 Å². The predicted octanol–water partition coefficient (Wildman–Crippen LogP) is 2.73. The zero-order chi connectivity index (χ0) is 30.1. The average Bonchev–Trinajstić information content (AvgIpc) is 3.33. The first-order valence-corrected chi connectivity index (χ1v) is 17.2. The van der Waals surface area contributed by atoms with Gasteiger partial charge >= 0.3 is 0 Å². The van der Waals surface area contributed by atoms with Crippen LogP contribution in [-0.2, 0) is 26.0 Å². The minimum atomic E-state index is -3.61. The lowest BCUT2D eigenvalue weighted by atomic mass is 9.87. The van der Waals surface area contributed by atoms with Crippen LogP contribution >= 0.6 is 0 Å². The molecule has 9 nitrogen and oxygen atoms in total. The summed E-state index contributed by atoms with van der Waals surface area (Å²) in [4.78, 5) is 13.8. The number of nitrogens with zero attached hydrogens (tertiary/aromatic N) is 1. The molecule has 234 valence electrons. The molecule has 0 radical (unpaired) electrons. The lowest BCUT2D eigenvalue weighted by molar-refractivity contribution is -0.126. The number of likely N-dealkylation sites (N-methyl/N-ethyl adjacent to an activating group) is 1. The Balaban J connectivity index is 1.57. The second kappa shape index (κ2) is 15.5. The number of carbonyl (C=O) groups is 1. The number of nitrogens with one attached hydrogen (secondary N) is 3. The molecule has 1 saturated heterocycles. The Labute approximate surface area is 252 Å². The Morgan fingerprint density at radius 1 is 1.07 bits per heavy atom. The smallest absolute Gasteiger partial charge is 0.238 e. The largest absolute Gasteiger partial charge is 0.497 e. The third-order valence-corrected chi connectivity index (χ3v) is 11.1. The van der Waals surface area contributed by atoms with E-state index in [2.05, 4.69) is 28.1 Å². The normalized spacial score (nSPS) is 31.0. The molecule has 4 rings (SSSR count). The number of unbranched alkanes of at least 4 members (excludes halogenated alkanes) is 2. The number of aliphatic hydroxyl groups excluding tert-OH is 1. The molecule has 4 unspecified atom stereocenters. The highest BCUT2D eigenvalue weighted by molar-refractivity contribution is 7.89. The van der Waals surface area contributed by atoms with E-state index in [1.807, 2.05) is 43.3 Å². The molecule has 2 aliphatic carbocycles. The van der Waals surface area contributed by atoms with Crippen LogP contribution in [0.3, 0.4) is 0 Å². The zero-order valence-electron chi connectivity index (χ0n) is 25.4. The summed E-state index contributed by atoms with van der Waals surface area (Å²) in [5.41, 5.74) is 0.993. The molecule has 1 aromatic rings. The Kier molecular flexibility index (Phi) is 12.0. The first kappa shape index (κ1) is 32.7. The SMILES string of the molecule is CCCCCS(=O)(=O)N(C)[C@H]1CCCCNC2CC(NC[C@@H](O)[C@H](Cc3ccccc3)NC1=O)C1C=C(OC)C=CC21. The van der Waals surface area contributed by atoms with E-state index in [4.69, 9.17) is 4.74 Å². The highest BCUT2D eigenvalue weighted by Gasteiger charge is 2.42. The monoisotopic (exact) mass is 602 g/mol. The summed E-state index contributed by atoms with van der Waals surface area (Å²) in [6.07, 6.45) is 11.2. The van der Waals surface area contributed by atoms with Crippen LogP contribution < -0.4 is 16.0 Å². The van der Waals surface area contributed by atoms with Crippen LogP contribution in [0.4, 0.5) is 0 Å². The van der Waals surface area contributed by atoms with Crippen LogP contribution in [0, 0.1) is 11.8 Å². The minimum Gasteiger partial charge on any atom is -0.497 e. The third kappa shape index (κ3) is 8.44. The molecule has 4 N–H and O–H groups in total. The number of rotatable bonds is 9. The van der Waals surface area contributed by atoms with Gasteiger partial charge in [-0.2, -0.15) is 4.31 Å². The average molecular weight is 603 g/mol. The van der Waals surface area contributed by atoms with Crippen molar-refractivity contribution in [2.24, 2.45) is 11.8 Å². The highest BCUT2D eigenvalue weighted by atomic mass is 32.2. The Morgan fingerprint density at radius 2 is 1.83 bits per heavy atom. The molecular formula is C32H50N4O5S. The van der Waals surface area contributed by atoms with Crippen LogP contribution in [0.25, 0.3) is 0 Å². The maximum absolute atomic E-state index is 13.8. The highest BCUT2D eigenvalue weighted by Crippen LogP contribution is 2.38. The van der Waals surface area contributed by atoms with Gasteiger partial charge in [0.15, 0.2) is 0 Å². The molecule has 10 heteroatoms. The zero-order valence-corrected chi connectivity index (χ0v) is 26.2. The summed E-state index contributed by atoms with van der Waals surface area (Å²) in [6, 6.07) is 8.77. The number of allylic oxidation sites excluding steroid dienone is 1. The summed E-state index contributed by atoms with van der Waals surface area (Å²) in [7, 11) is -0.397. The summed E-state index contributed by atoms with van der Waals surface area (Å²) in [5, 5.41) is 21.9. The fourth-order valence-corrected chi connectivity index (χ4v) is 8.03. The Bertz CT molecular complexity index is 1170. The second-order valence-electron chi connectivity index (χ2n) is 12.0. The number of aliphatic hydroxyl groups is 1. The topological polar surface area (TPSA) is 120 Å². The van der Waals surface area contributed by atoms with Gasteiger partial charge in [-0.25, -0.2) is 8.42 Å². The molecule has 0 spiro atoms. The van der Waals surface area contributed by atoms with Crippen molar-refractivity contribution in [3.05, 3.63) is 59.9 Å². The van der Waals surface area contributed by atoms with Crippen molar-refractivity contribution in [2.45, 2.75) is 88.6 Å². The molecule has 42 heavy (non-hydrogen) atoms. The Hall–Kier alpha value is -2.24. The molecule has 1 amide bonds. The number of sulfonamides is 1. The fourth-order valence-electron chi connectivity index (χ4n) is 6.59. The van der Waals surface area contributed by atoms with E-state index in [9.17, 15) is 18.3 Å². The molecule has 7 atom stereocenters. The van der Waals surface area contributed by atoms with E-state index in [0.29, 0.717) is 38.1 Å². The fraction of sp³-hybridized carbons (Fsp3) is 0.656. The van der Waals surface area contributed by atoms with Crippen molar-refractivity contribution in [2.75, 3.05) is 33.0 Å². The number of fused-ring (bicyclic) bond motifs is 5. The van der Waals surface area contributed by atoms with E-state index < -0.39 is 28.2 Å². The van der Waals surface area contributed by atoms with Gasteiger partial charge in [0.1, 0.15) is 11.8 Å². The van der Waals surface area contributed by atoms with Gasteiger partial charge in [-0.1, -0.05) is 62.6 Å². The standard InChI is InChI=1S/C32H50N4O5S/c1-4-5-11-18-42(39,40)36(2)30-14-9-10-17-33-27-21-28(26-20-24(41-3)15-16-25(26)27)34-22-31(37)29(35-32(30)38)19-23-12-7-6-8-13-23/h6-8,12-13,15-16,20,25-31,33-34,37H,4-5,9-11,14,17-19,21-22H2,1-3H3,(H,35,38)/t25?,26?,27?,28?,29-,30-,31+/m0/s1. The van der Waals surface area contributed by atoms with Gasteiger partial charge in [-0.3, -0.25) is 4.79 Å². The maximum atomic E-state index is 13.8. The molecule has 1 heterocycles. The second-order valence-corrected chi connectivity index (χ2v) is 14.2. The van der Waals surface area contributed by atoms with E-state index in [-0.39, 0.29) is 29.7 Å². The van der Waals surface area contributed by atoms with Gasteiger partial charge in [0.05, 0.1) is 25.0 Å². The number of ether oxygens (including phenoxy) is 1. The molecular weight excluding hydrogens is 552 g/mol. The van der Waals surface area contributed by atoms with E-state index in [0.717, 1.165) is 43.6 Å². The molecule has 1 aromatic carbocycles. The summed E-state index contributed by atoms with van der Waals surface area (Å²) < 4.78 is 33.3. The van der Waals surface area contributed by atoms with Gasteiger partial charge in [-0.05, 0) is 56.4 Å². The first-order chi connectivity index (χ1) is 20.2. The van der Waals surface area contributed by atoms with E-state index >= 15 is 0 Å². The van der Waals surface area contributed by atoms with Crippen LogP contribution in [0.15, 0.2) is 54.3 Å². The molecule has 2 bridgehead atoms. The maximum Gasteiger partial charge on any atom is 0.238 e. The molecule has 1 aliphatic heterocycles. The third-order valence-electron chi connectivity index (χ3n) is 9.13. The van der Waals surface area contributed by atoms with Crippen molar-refractivity contribution in [1.29, 1.82) is 0 Å². The van der Waals surface area contributed by atoms with Crippen molar-refractivity contribution < 1.29 is 23.1 Å². The van der Waals surface area contributed by atoms with Crippen molar-refractivity contribution in [1.82, 2.24) is 20.3 Å². The van der Waals surface area contributed by atoms with E-state index in [1.165, 1.54) is 11.4 Å². The Morgan fingerprint density at radius 3 is 2.57 bits per heavy atom. The van der Waals surface area contributed by atoms with Crippen LogP contribution in [0.2, 0.25) is 0 Å². The van der Waals surface area contributed by atoms with Crippen LogP contribution in [0.5, 0.6) is 0 Å². The predicted molar refractivity (Wildman–Crippen MR) is 166 cm³/mol. The number of amides is 1. The number of methoxy groups -OCH3 is 1. The number of hydrogen-bond acceptors (Lipinski definition) is 7. The van der Waals surface area contributed by atoms with Gasteiger partial charge in [0.25, 0.3) is 0 Å². The molecule has 0 aromatic heterocycles. The van der Waals surface area contributed by atoms with E-state index in [1.54, 1.807) is 7.11 Å². The van der Waals surface area contributed by atoms with Gasteiger partial charge in [-0.15, -0.1) is 0 Å². The van der Waals surface area contributed by atoms with Gasteiger partial charge in [0.2, 0.25) is 15.9 Å². The molecule has 2 fully saturated rings. The first-order valence-electron chi connectivity index (χ1n) is 15.6. The van der Waals surface area contributed by atoms with Gasteiger partial charge in [0, 0.05) is 37.5 Å². The van der Waals surface area contributed by atoms with Crippen molar-refractivity contribution >= 4 is 15.9 Å². The van der Waals surface area contributed by atoms with Crippen LogP contribution in [-0.4, -0.2) is 87.0 Å². The van der Waals surface area contributed by atoms with Crippen LogP contribution in [0.1, 0.15) is 57.4 Å². The molecule has 3 aliphatic rings. The van der Waals surface area contributed by atoms with Crippen molar-refractivity contribution in [3.63, 3.8) is 0 Å². The number of β-amino-alcohol motifs (C(OH)–C–C–N with tert-alkyl or cyclic N) is 1. The lowest BCUT2D eigenvalue weighted by Crippen LogP contribution is -2.55.